The lowest BCUT2D eigenvalue weighted by Gasteiger charge is -2.28. The van der Waals surface area contributed by atoms with Crippen LogP contribution in [0.1, 0.15) is 40.0 Å². The van der Waals surface area contributed by atoms with Gasteiger partial charge >= 0.3 is 6.09 Å². The molecule has 102 valence electrons. The number of hydrogen-bond acceptors (Lipinski definition) is 4. The molecule has 2 heterocycles. The molecule has 0 spiro atoms. The minimum atomic E-state index is -0.562. The van der Waals surface area contributed by atoms with E-state index in [1.807, 2.05) is 20.8 Å². The topological polar surface area (TPSA) is 58.6 Å². The molecule has 2 fully saturated rings. The second-order valence-corrected chi connectivity index (χ2v) is 6.12. The van der Waals surface area contributed by atoms with Crippen LogP contribution < -0.4 is 5.32 Å². The van der Waals surface area contributed by atoms with Gasteiger partial charge in [0.15, 0.2) is 0 Å². The van der Waals surface area contributed by atoms with Gasteiger partial charge in [-0.05, 0) is 46.1 Å². The molecule has 5 heteroatoms. The molecule has 2 unspecified atom stereocenters. The molecule has 2 saturated heterocycles. The van der Waals surface area contributed by atoms with Gasteiger partial charge in [0.2, 0.25) is 5.91 Å². The Morgan fingerprint density at radius 3 is 2.83 bits per heavy atom. The summed E-state index contributed by atoms with van der Waals surface area (Å²) >= 11 is 0. The molecule has 0 aromatic carbocycles. The Balaban J connectivity index is 2.10. The van der Waals surface area contributed by atoms with Crippen LogP contribution in [-0.2, 0) is 9.53 Å². The normalized spacial score (nSPS) is 28.8. The van der Waals surface area contributed by atoms with Crippen molar-refractivity contribution in [3.63, 3.8) is 0 Å². The first-order chi connectivity index (χ1) is 8.38. The summed E-state index contributed by atoms with van der Waals surface area (Å²) in [4.78, 5) is 25.4. The monoisotopic (exact) mass is 254 g/mol. The molecule has 18 heavy (non-hydrogen) atoms. The minimum absolute atomic E-state index is 0.0325. The standard InChI is InChI=1S/C13H22N2O3/c1-13(2,3)18-12(17)15-10-8-14-6-4-5-9(10)7-11(15)16/h9-10,14H,4-8H2,1-3H3. The molecule has 2 amide bonds. The summed E-state index contributed by atoms with van der Waals surface area (Å²) in [5, 5.41) is 3.29. The molecule has 2 rings (SSSR count). The number of ether oxygens (including phenoxy) is 1. The number of amides is 2. The van der Waals surface area contributed by atoms with Gasteiger partial charge < -0.3 is 10.1 Å². The van der Waals surface area contributed by atoms with E-state index in [1.165, 1.54) is 4.90 Å². The molecule has 0 aromatic rings. The summed E-state index contributed by atoms with van der Waals surface area (Å²) in [5.41, 5.74) is -0.562. The van der Waals surface area contributed by atoms with E-state index in [-0.39, 0.29) is 11.9 Å². The number of likely N-dealkylation sites (tertiary alicyclic amines) is 1. The van der Waals surface area contributed by atoms with E-state index in [0.717, 1.165) is 19.4 Å². The third-order valence-electron chi connectivity index (χ3n) is 3.45. The van der Waals surface area contributed by atoms with Gasteiger partial charge in [-0.1, -0.05) is 0 Å². The molecular weight excluding hydrogens is 232 g/mol. The summed E-state index contributed by atoms with van der Waals surface area (Å²) in [5.74, 6) is 0.197. The zero-order valence-corrected chi connectivity index (χ0v) is 11.4. The molecule has 0 saturated carbocycles. The Labute approximate surface area is 108 Å². The van der Waals surface area contributed by atoms with Gasteiger partial charge in [-0.15, -0.1) is 0 Å². The van der Waals surface area contributed by atoms with Crippen molar-refractivity contribution in [1.82, 2.24) is 10.2 Å². The van der Waals surface area contributed by atoms with E-state index in [0.29, 0.717) is 18.9 Å². The molecule has 0 bridgehead atoms. The molecular formula is C13H22N2O3. The molecule has 2 aliphatic rings. The number of hydrogen-bond donors (Lipinski definition) is 1. The minimum Gasteiger partial charge on any atom is -0.443 e. The van der Waals surface area contributed by atoms with Crippen LogP contribution in [-0.4, -0.2) is 41.6 Å². The van der Waals surface area contributed by atoms with Crippen LogP contribution in [0.5, 0.6) is 0 Å². The molecule has 0 aromatic heterocycles. The molecule has 2 atom stereocenters. The summed E-state index contributed by atoms with van der Waals surface area (Å²) < 4.78 is 5.32. The first-order valence-corrected chi connectivity index (χ1v) is 6.64. The van der Waals surface area contributed by atoms with Gasteiger partial charge in [0.05, 0.1) is 6.04 Å². The lowest BCUT2D eigenvalue weighted by molar-refractivity contribution is -0.128. The third kappa shape index (κ3) is 2.83. The Bertz CT molecular complexity index is 349. The number of imide groups is 1. The largest absolute Gasteiger partial charge is 0.443 e. The van der Waals surface area contributed by atoms with Gasteiger partial charge in [-0.2, -0.15) is 0 Å². The fourth-order valence-electron chi connectivity index (χ4n) is 2.69. The smallest absolute Gasteiger partial charge is 0.417 e. The number of nitrogens with zero attached hydrogens (tertiary/aromatic N) is 1. The quantitative estimate of drug-likeness (QED) is 0.712. The predicted octanol–water partition coefficient (Wildman–Crippen LogP) is 1.52. The highest BCUT2D eigenvalue weighted by Gasteiger charge is 2.44. The van der Waals surface area contributed by atoms with Crippen molar-refractivity contribution in [1.29, 1.82) is 0 Å². The zero-order valence-electron chi connectivity index (χ0n) is 11.4. The Kier molecular flexibility index (Phi) is 3.61. The molecule has 0 radical (unpaired) electrons. The maximum absolute atomic E-state index is 12.1. The van der Waals surface area contributed by atoms with Crippen molar-refractivity contribution >= 4 is 12.0 Å². The van der Waals surface area contributed by atoms with Crippen LogP contribution in [0, 0.1) is 5.92 Å². The van der Waals surface area contributed by atoms with Gasteiger partial charge in [0.25, 0.3) is 0 Å². The summed E-state index contributed by atoms with van der Waals surface area (Å²) in [6.45, 7) is 7.09. The molecule has 0 aliphatic carbocycles. The zero-order chi connectivity index (χ0) is 13.3. The van der Waals surface area contributed by atoms with E-state index in [9.17, 15) is 9.59 Å². The van der Waals surface area contributed by atoms with Gasteiger partial charge in [0.1, 0.15) is 5.60 Å². The molecule has 5 nitrogen and oxygen atoms in total. The SMILES string of the molecule is CC(C)(C)OC(=O)N1C(=O)CC2CCCNCC21. The highest BCUT2D eigenvalue weighted by atomic mass is 16.6. The van der Waals surface area contributed by atoms with E-state index in [1.54, 1.807) is 0 Å². The van der Waals surface area contributed by atoms with Crippen LogP contribution in [0.4, 0.5) is 4.79 Å². The van der Waals surface area contributed by atoms with Crippen molar-refractivity contribution in [3.8, 4) is 0 Å². The van der Waals surface area contributed by atoms with Crippen LogP contribution in [0.25, 0.3) is 0 Å². The van der Waals surface area contributed by atoms with E-state index in [2.05, 4.69) is 5.32 Å². The summed E-state index contributed by atoms with van der Waals surface area (Å²) in [7, 11) is 0. The lowest BCUT2D eigenvalue weighted by atomic mass is 9.96. The fraction of sp³-hybridized carbons (Fsp3) is 0.846. The van der Waals surface area contributed by atoms with E-state index >= 15 is 0 Å². The Morgan fingerprint density at radius 2 is 2.17 bits per heavy atom. The van der Waals surface area contributed by atoms with Crippen molar-refractivity contribution in [2.75, 3.05) is 13.1 Å². The second kappa shape index (κ2) is 4.88. The highest BCUT2D eigenvalue weighted by molar-refractivity contribution is 5.94. The maximum Gasteiger partial charge on any atom is 0.417 e. The lowest BCUT2D eigenvalue weighted by Crippen LogP contribution is -2.47. The van der Waals surface area contributed by atoms with Crippen molar-refractivity contribution < 1.29 is 14.3 Å². The van der Waals surface area contributed by atoms with E-state index < -0.39 is 11.7 Å². The number of fused-ring (bicyclic) bond motifs is 1. The molecule has 2 aliphatic heterocycles. The average Bonchev–Trinajstić information content (AvgIpc) is 2.40. The van der Waals surface area contributed by atoms with Crippen molar-refractivity contribution in [2.24, 2.45) is 5.92 Å². The van der Waals surface area contributed by atoms with Crippen molar-refractivity contribution in [3.05, 3.63) is 0 Å². The van der Waals surface area contributed by atoms with Crippen LogP contribution in [0.3, 0.4) is 0 Å². The highest BCUT2D eigenvalue weighted by Crippen LogP contribution is 2.31. The third-order valence-corrected chi connectivity index (χ3v) is 3.45. The van der Waals surface area contributed by atoms with Gasteiger partial charge in [-0.3, -0.25) is 4.79 Å². The number of nitrogens with one attached hydrogen (secondary N) is 1. The van der Waals surface area contributed by atoms with Crippen LogP contribution >= 0.6 is 0 Å². The first kappa shape index (κ1) is 13.3. The molecule has 1 N–H and O–H groups in total. The van der Waals surface area contributed by atoms with Crippen LogP contribution in [0.2, 0.25) is 0 Å². The van der Waals surface area contributed by atoms with Crippen LogP contribution in [0.15, 0.2) is 0 Å². The Hall–Kier alpha value is -1.10. The number of rotatable bonds is 0. The number of carbonyl (C=O) groups is 2. The summed E-state index contributed by atoms with van der Waals surface area (Å²) in [6, 6.07) is -0.0325. The van der Waals surface area contributed by atoms with Crippen molar-refractivity contribution in [2.45, 2.75) is 51.7 Å². The van der Waals surface area contributed by atoms with Gasteiger partial charge in [-0.25, -0.2) is 9.69 Å². The fourth-order valence-corrected chi connectivity index (χ4v) is 2.69. The Morgan fingerprint density at radius 1 is 1.44 bits per heavy atom. The predicted molar refractivity (Wildman–Crippen MR) is 67.1 cm³/mol. The number of carbonyl (C=O) groups excluding carboxylic acids is 2. The van der Waals surface area contributed by atoms with E-state index in [4.69, 9.17) is 4.74 Å². The summed E-state index contributed by atoms with van der Waals surface area (Å²) in [6.07, 6.45) is 2.05. The second-order valence-electron chi connectivity index (χ2n) is 6.12. The first-order valence-electron chi connectivity index (χ1n) is 6.64. The maximum atomic E-state index is 12.1. The van der Waals surface area contributed by atoms with Gasteiger partial charge in [0, 0.05) is 13.0 Å². The average molecular weight is 254 g/mol.